The lowest BCUT2D eigenvalue weighted by Gasteiger charge is -2.39. The fourth-order valence-corrected chi connectivity index (χ4v) is 5.85. The lowest BCUT2D eigenvalue weighted by atomic mass is 9.78. The number of benzene rings is 2. The van der Waals surface area contributed by atoms with Crippen LogP contribution < -0.4 is 0 Å². The summed E-state index contributed by atoms with van der Waals surface area (Å²) in [5.74, 6) is -0.565. The van der Waals surface area contributed by atoms with Gasteiger partial charge in [0.25, 0.3) is 0 Å². The average Bonchev–Trinajstić information content (AvgIpc) is 2.67. The lowest BCUT2D eigenvalue weighted by Crippen LogP contribution is -2.54. The number of methoxy groups -OCH3 is 2. The standard InChI is InChI=1S/C20H16O4S2/c1-23-19-13(21)10-11-17(22)20(19,24-2)12-6-5-9-16-18(12)26-15-8-4-3-7-14(15)25-16/h3-11,19H,1-2H3. The van der Waals surface area contributed by atoms with Crippen molar-refractivity contribution in [1.82, 2.24) is 0 Å². The van der Waals surface area contributed by atoms with Gasteiger partial charge in [-0.1, -0.05) is 47.8 Å². The summed E-state index contributed by atoms with van der Waals surface area (Å²) >= 11 is 3.24. The number of hydrogen-bond donors (Lipinski definition) is 0. The largest absolute Gasteiger partial charge is 0.369 e. The van der Waals surface area contributed by atoms with Crippen LogP contribution in [-0.2, 0) is 24.7 Å². The van der Waals surface area contributed by atoms with E-state index >= 15 is 0 Å². The van der Waals surface area contributed by atoms with Gasteiger partial charge in [0, 0.05) is 39.4 Å². The Morgan fingerprint density at radius 3 is 2.27 bits per heavy atom. The van der Waals surface area contributed by atoms with E-state index < -0.39 is 11.7 Å². The summed E-state index contributed by atoms with van der Waals surface area (Å²) in [6.07, 6.45) is 1.54. The third-order valence-corrected chi connectivity index (χ3v) is 7.22. The van der Waals surface area contributed by atoms with Crippen molar-refractivity contribution in [3.05, 3.63) is 60.2 Å². The molecule has 2 aromatic carbocycles. The molecule has 1 aliphatic heterocycles. The summed E-state index contributed by atoms with van der Waals surface area (Å²) in [7, 11) is 2.87. The molecular weight excluding hydrogens is 368 g/mol. The number of carbonyl (C=O) groups is 2. The van der Waals surface area contributed by atoms with Crippen LogP contribution in [0.15, 0.2) is 74.2 Å². The van der Waals surface area contributed by atoms with Gasteiger partial charge in [0.1, 0.15) is 0 Å². The zero-order chi connectivity index (χ0) is 18.3. The second-order valence-electron chi connectivity index (χ2n) is 5.94. The minimum absolute atomic E-state index is 0.277. The normalized spacial score (nSPS) is 24.3. The van der Waals surface area contributed by atoms with E-state index in [2.05, 4.69) is 6.07 Å². The Labute approximate surface area is 160 Å². The second kappa shape index (κ2) is 6.70. The van der Waals surface area contributed by atoms with Gasteiger partial charge in [0.05, 0.1) is 0 Å². The highest BCUT2D eigenvalue weighted by Crippen LogP contribution is 2.52. The Morgan fingerprint density at radius 1 is 0.885 bits per heavy atom. The predicted molar refractivity (Wildman–Crippen MR) is 99.8 cm³/mol. The first-order valence-corrected chi connectivity index (χ1v) is 9.67. The van der Waals surface area contributed by atoms with Crippen molar-refractivity contribution < 1.29 is 19.1 Å². The van der Waals surface area contributed by atoms with Crippen LogP contribution in [0.4, 0.5) is 0 Å². The van der Waals surface area contributed by atoms with Crippen molar-refractivity contribution in [2.45, 2.75) is 31.3 Å². The topological polar surface area (TPSA) is 52.6 Å². The maximum absolute atomic E-state index is 12.9. The quantitative estimate of drug-likeness (QED) is 0.683. The van der Waals surface area contributed by atoms with Gasteiger partial charge >= 0.3 is 0 Å². The molecule has 0 spiro atoms. The fraction of sp³-hybridized carbons (Fsp3) is 0.200. The Kier molecular flexibility index (Phi) is 4.52. The number of ketones is 2. The van der Waals surface area contributed by atoms with Crippen molar-refractivity contribution in [3.8, 4) is 0 Å². The molecule has 1 aliphatic carbocycles. The first-order chi connectivity index (χ1) is 12.6. The number of fused-ring (bicyclic) bond motifs is 2. The van der Waals surface area contributed by atoms with Gasteiger partial charge in [-0.05, 0) is 30.4 Å². The highest BCUT2D eigenvalue weighted by Gasteiger charge is 2.53. The molecule has 132 valence electrons. The van der Waals surface area contributed by atoms with E-state index in [0.29, 0.717) is 5.56 Å². The van der Waals surface area contributed by atoms with Gasteiger partial charge in [-0.15, -0.1) is 0 Å². The van der Waals surface area contributed by atoms with Crippen LogP contribution in [0.3, 0.4) is 0 Å². The third-order valence-electron chi connectivity index (χ3n) is 4.61. The maximum Gasteiger partial charge on any atom is 0.195 e. The van der Waals surface area contributed by atoms with Crippen LogP contribution in [0.5, 0.6) is 0 Å². The van der Waals surface area contributed by atoms with E-state index in [1.807, 2.05) is 36.4 Å². The molecule has 26 heavy (non-hydrogen) atoms. The van der Waals surface area contributed by atoms with E-state index in [4.69, 9.17) is 9.47 Å². The number of rotatable bonds is 3. The molecule has 0 saturated carbocycles. The van der Waals surface area contributed by atoms with Crippen molar-refractivity contribution in [2.75, 3.05) is 14.2 Å². The van der Waals surface area contributed by atoms with Crippen molar-refractivity contribution in [3.63, 3.8) is 0 Å². The first kappa shape index (κ1) is 17.5. The summed E-state index contributed by atoms with van der Waals surface area (Å²) in [5, 5.41) is 0. The SMILES string of the molecule is COC1C(=O)C=CC(=O)C1(OC)c1cccc2c1Sc1ccccc1S2. The molecule has 0 amide bonds. The molecule has 0 bridgehead atoms. The van der Waals surface area contributed by atoms with Gasteiger partial charge < -0.3 is 9.47 Å². The van der Waals surface area contributed by atoms with Crippen LogP contribution in [0.2, 0.25) is 0 Å². The predicted octanol–water partition coefficient (Wildman–Crippen LogP) is 3.87. The molecule has 6 heteroatoms. The monoisotopic (exact) mass is 384 g/mol. The van der Waals surface area contributed by atoms with Gasteiger partial charge in [-0.3, -0.25) is 9.59 Å². The summed E-state index contributed by atoms with van der Waals surface area (Å²) in [6.45, 7) is 0. The van der Waals surface area contributed by atoms with E-state index in [1.54, 1.807) is 23.5 Å². The summed E-state index contributed by atoms with van der Waals surface area (Å²) < 4.78 is 11.2. The Balaban J connectivity index is 1.92. The van der Waals surface area contributed by atoms with Crippen LogP contribution in [0.1, 0.15) is 5.56 Å². The number of ether oxygens (including phenoxy) is 2. The molecule has 0 aromatic heterocycles. The minimum atomic E-state index is -1.48. The second-order valence-corrected chi connectivity index (χ2v) is 8.08. The van der Waals surface area contributed by atoms with Crippen LogP contribution >= 0.6 is 23.5 Å². The number of hydrogen-bond acceptors (Lipinski definition) is 6. The van der Waals surface area contributed by atoms with Gasteiger partial charge in [0.15, 0.2) is 23.3 Å². The highest BCUT2D eigenvalue weighted by molar-refractivity contribution is 8.05. The number of carbonyl (C=O) groups excluding carboxylic acids is 2. The van der Waals surface area contributed by atoms with Gasteiger partial charge in [-0.2, -0.15) is 0 Å². The van der Waals surface area contributed by atoms with E-state index in [0.717, 1.165) is 14.7 Å². The smallest absolute Gasteiger partial charge is 0.195 e. The molecule has 0 N–H and O–H groups in total. The molecule has 2 atom stereocenters. The van der Waals surface area contributed by atoms with Crippen LogP contribution in [0, 0.1) is 0 Å². The molecule has 0 radical (unpaired) electrons. The van der Waals surface area contributed by atoms with Crippen molar-refractivity contribution >= 4 is 35.1 Å². The molecule has 2 aromatic rings. The molecular formula is C20H16O4S2. The Bertz CT molecular complexity index is 937. The summed E-state index contributed by atoms with van der Waals surface area (Å²) in [4.78, 5) is 29.6. The molecule has 2 unspecified atom stereocenters. The van der Waals surface area contributed by atoms with E-state index in [1.165, 1.54) is 31.3 Å². The molecule has 0 fully saturated rings. The van der Waals surface area contributed by atoms with Gasteiger partial charge in [0.2, 0.25) is 0 Å². The van der Waals surface area contributed by atoms with E-state index in [9.17, 15) is 9.59 Å². The minimum Gasteiger partial charge on any atom is -0.369 e. The zero-order valence-electron chi connectivity index (χ0n) is 14.2. The maximum atomic E-state index is 12.9. The average molecular weight is 384 g/mol. The lowest BCUT2D eigenvalue weighted by molar-refractivity contribution is -0.167. The Hall–Kier alpha value is -1.86. The Morgan fingerprint density at radius 2 is 1.58 bits per heavy atom. The molecule has 0 saturated heterocycles. The van der Waals surface area contributed by atoms with Gasteiger partial charge in [-0.25, -0.2) is 0 Å². The van der Waals surface area contributed by atoms with Crippen molar-refractivity contribution in [2.24, 2.45) is 0 Å². The van der Waals surface area contributed by atoms with E-state index in [-0.39, 0.29) is 11.6 Å². The first-order valence-electron chi connectivity index (χ1n) is 8.04. The van der Waals surface area contributed by atoms with Crippen LogP contribution in [0.25, 0.3) is 0 Å². The van der Waals surface area contributed by atoms with Crippen LogP contribution in [-0.4, -0.2) is 31.9 Å². The molecule has 4 nitrogen and oxygen atoms in total. The molecule has 1 heterocycles. The zero-order valence-corrected chi connectivity index (χ0v) is 15.9. The molecule has 2 aliphatic rings. The van der Waals surface area contributed by atoms with Crippen molar-refractivity contribution in [1.29, 1.82) is 0 Å². The summed E-state index contributed by atoms with van der Waals surface area (Å²) in [6, 6.07) is 13.9. The fourth-order valence-electron chi connectivity index (χ4n) is 3.41. The third kappa shape index (κ3) is 2.48. The highest BCUT2D eigenvalue weighted by atomic mass is 32.2. The molecule has 4 rings (SSSR count). The summed E-state index contributed by atoms with van der Waals surface area (Å²) in [5.41, 5.74) is -0.815.